The number of rotatable bonds is 3. The minimum atomic E-state index is 0.261. The Morgan fingerprint density at radius 2 is 1.68 bits per heavy atom. The van der Waals surface area contributed by atoms with E-state index in [0.29, 0.717) is 0 Å². The average Bonchev–Trinajstić information content (AvgIpc) is 2.85. The van der Waals surface area contributed by atoms with E-state index in [4.69, 9.17) is 4.98 Å². The van der Waals surface area contributed by atoms with Crippen LogP contribution in [0.5, 0.6) is 5.75 Å². The molecule has 3 aromatic rings. The van der Waals surface area contributed by atoms with Crippen LogP contribution >= 0.6 is 11.3 Å². The molecule has 0 aliphatic rings. The summed E-state index contributed by atoms with van der Waals surface area (Å²) in [7, 11) is 0. The first-order valence-corrected chi connectivity index (χ1v) is 7.95. The smallest absolute Gasteiger partial charge is 0.187 e. The summed E-state index contributed by atoms with van der Waals surface area (Å²) in [5, 5.41) is 13.5. The molecule has 0 saturated carbocycles. The summed E-state index contributed by atoms with van der Waals surface area (Å²) >= 11 is 1.63. The first kappa shape index (κ1) is 14.6. The molecular weight excluding hydrogens is 292 g/mol. The van der Waals surface area contributed by atoms with Crippen LogP contribution in [0.2, 0.25) is 0 Å². The van der Waals surface area contributed by atoms with Crippen LogP contribution in [-0.2, 0) is 0 Å². The van der Waals surface area contributed by atoms with Gasteiger partial charge in [-0.15, -0.1) is 11.3 Å². The Morgan fingerprint density at radius 1 is 0.955 bits per heavy atom. The van der Waals surface area contributed by atoms with Crippen molar-refractivity contribution in [2.75, 3.05) is 5.32 Å². The minimum absolute atomic E-state index is 0.261. The van der Waals surface area contributed by atoms with Gasteiger partial charge in [0.25, 0.3) is 0 Å². The maximum atomic E-state index is 9.33. The molecule has 0 unspecified atom stereocenters. The Morgan fingerprint density at radius 3 is 2.36 bits per heavy atom. The summed E-state index contributed by atoms with van der Waals surface area (Å²) in [5.41, 5.74) is 5.65. The minimum Gasteiger partial charge on any atom is -0.508 e. The number of aromatic nitrogens is 1. The van der Waals surface area contributed by atoms with Crippen molar-refractivity contribution in [3.8, 4) is 17.0 Å². The van der Waals surface area contributed by atoms with Gasteiger partial charge in [0.05, 0.1) is 5.69 Å². The molecule has 0 fully saturated rings. The van der Waals surface area contributed by atoms with Crippen molar-refractivity contribution in [3.05, 3.63) is 58.5 Å². The Hall–Kier alpha value is -2.33. The molecule has 0 amide bonds. The van der Waals surface area contributed by atoms with Crippen LogP contribution in [0, 0.1) is 20.8 Å². The third-order valence-corrected chi connectivity index (χ3v) is 4.58. The quantitative estimate of drug-likeness (QED) is 0.655. The fourth-order valence-corrected chi connectivity index (χ4v) is 3.13. The molecule has 2 N–H and O–H groups in total. The number of phenols is 1. The highest BCUT2D eigenvalue weighted by molar-refractivity contribution is 7.16. The molecule has 0 aliphatic carbocycles. The van der Waals surface area contributed by atoms with Crippen LogP contribution in [0.1, 0.15) is 16.0 Å². The summed E-state index contributed by atoms with van der Waals surface area (Å²) in [6.07, 6.45) is 0. The number of phenolic OH excluding ortho intramolecular Hbond substituents is 1. The molecule has 0 aliphatic heterocycles. The second kappa shape index (κ2) is 5.81. The van der Waals surface area contributed by atoms with Crippen LogP contribution in [-0.4, -0.2) is 10.1 Å². The number of aryl methyl sites for hydroxylation is 3. The number of anilines is 2. The SMILES string of the molecule is Cc1ccc(-c2nc(Nc3ccc(O)cc3)sc2C)cc1C. The van der Waals surface area contributed by atoms with Crippen molar-refractivity contribution < 1.29 is 5.11 Å². The lowest BCUT2D eigenvalue weighted by Gasteiger charge is -2.04. The Kier molecular flexibility index (Phi) is 3.86. The summed E-state index contributed by atoms with van der Waals surface area (Å²) in [4.78, 5) is 5.90. The number of hydrogen-bond acceptors (Lipinski definition) is 4. The van der Waals surface area contributed by atoms with Crippen molar-refractivity contribution in [1.29, 1.82) is 0 Å². The second-order valence-corrected chi connectivity index (χ2v) is 6.60. The average molecular weight is 310 g/mol. The topological polar surface area (TPSA) is 45.2 Å². The van der Waals surface area contributed by atoms with Crippen LogP contribution in [0.3, 0.4) is 0 Å². The van der Waals surface area contributed by atoms with E-state index in [1.54, 1.807) is 23.5 Å². The zero-order valence-corrected chi connectivity index (χ0v) is 13.7. The number of nitrogens with zero attached hydrogens (tertiary/aromatic N) is 1. The molecule has 0 saturated heterocycles. The van der Waals surface area contributed by atoms with Gasteiger partial charge in [-0.1, -0.05) is 12.1 Å². The Labute approximate surface area is 134 Å². The summed E-state index contributed by atoms with van der Waals surface area (Å²) in [6, 6.07) is 13.4. The lowest BCUT2D eigenvalue weighted by atomic mass is 10.0. The van der Waals surface area contributed by atoms with Gasteiger partial charge in [0.15, 0.2) is 5.13 Å². The fourth-order valence-electron chi connectivity index (χ4n) is 2.27. The van der Waals surface area contributed by atoms with Gasteiger partial charge in [-0.2, -0.15) is 0 Å². The molecule has 22 heavy (non-hydrogen) atoms. The van der Waals surface area contributed by atoms with E-state index in [0.717, 1.165) is 22.1 Å². The lowest BCUT2D eigenvalue weighted by molar-refractivity contribution is 0.475. The van der Waals surface area contributed by atoms with Gasteiger partial charge in [0.2, 0.25) is 0 Å². The largest absolute Gasteiger partial charge is 0.508 e. The molecule has 0 bridgehead atoms. The molecule has 1 heterocycles. The van der Waals surface area contributed by atoms with Crippen LogP contribution in [0.15, 0.2) is 42.5 Å². The maximum Gasteiger partial charge on any atom is 0.187 e. The van der Waals surface area contributed by atoms with Crippen LogP contribution in [0.4, 0.5) is 10.8 Å². The molecule has 1 aromatic heterocycles. The molecule has 0 spiro atoms. The van der Waals surface area contributed by atoms with Crippen LogP contribution in [0.25, 0.3) is 11.3 Å². The fraction of sp³-hybridized carbons (Fsp3) is 0.167. The van der Waals surface area contributed by atoms with E-state index < -0.39 is 0 Å². The highest BCUT2D eigenvalue weighted by atomic mass is 32.1. The van der Waals surface area contributed by atoms with Crippen LogP contribution < -0.4 is 5.32 Å². The van der Waals surface area contributed by atoms with Gasteiger partial charge in [-0.25, -0.2) is 4.98 Å². The first-order valence-electron chi connectivity index (χ1n) is 7.14. The zero-order chi connectivity index (χ0) is 15.7. The molecule has 0 radical (unpaired) electrons. The predicted molar refractivity (Wildman–Crippen MR) is 93.2 cm³/mol. The number of thiazole rings is 1. The highest BCUT2D eigenvalue weighted by Gasteiger charge is 2.10. The summed E-state index contributed by atoms with van der Waals surface area (Å²) in [6.45, 7) is 6.32. The third-order valence-electron chi connectivity index (χ3n) is 3.70. The van der Waals surface area contributed by atoms with Crippen molar-refractivity contribution >= 4 is 22.2 Å². The van der Waals surface area contributed by atoms with Crippen molar-refractivity contribution in [2.45, 2.75) is 20.8 Å². The molecule has 3 rings (SSSR count). The zero-order valence-electron chi connectivity index (χ0n) is 12.8. The van der Waals surface area contributed by atoms with Gasteiger partial charge >= 0.3 is 0 Å². The van der Waals surface area contributed by atoms with Crippen molar-refractivity contribution in [2.24, 2.45) is 0 Å². The van der Waals surface area contributed by atoms with Crippen molar-refractivity contribution in [1.82, 2.24) is 4.98 Å². The normalized spacial score (nSPS) is 10.7. The Balaban J connectivity index is 1.90. The number of hydrogen-bond donors (Lipinski definition) is 2. The lowest BCUT2D eigenvalue weighted by Crippen LogP contribution is -1.89. The predicted octanol–water partition coefficient (Wildman–Crippen LogP) is 5.18. The number of nitrogens with one attached hydrogen (secondary N) is 1. The standard InChI is InChI=1S/C18H18N2OS/c1-11-4-5-14(10-12(11)2)17-13(3)22-18(20-17)19-15-6-8-16(21)9-7-15/h4-10,21H,1-3H3,(H,19,20). The molecule has 4 heteroatoms. The molecular formula is C18H18N2OS. The molecule has 112 valence electrons. The first-order chi connectivity index (χ1) is 10.5. The highest BCUT2D eigenvalue weighted by Crippen LogP contribution is 2.33. The van der Waals surface area contributed by atoms with E-state index in [1.807, 2.05) is 12.1 Å². The van der Waals surface area contributed by atoms with Gasteiger partial charge in [0, 0.05) is 16.1 Å². The van der Waals surface area contributed by atoms with E-state index in [9.17, 15) is 5.11 Å². The van der Waals surface area contributed by atoms with E-state index in [2.05, 4.69) is 44.3 Å². The third kappa shape index (κ3) is 2.97. The van der Waals surface area contributed by atoms with Gasteiger partial charge in [0.1, 0.15) is 5.75 Å². The van der Waals surface area contributed by atoms with Gasteiger partial charge in [-0.05, 0) is 62.2 Å². The van der Waals surface area contributed by atoms with E-state index in [1.165, 1.54) is 16.0 Å². The maximum absolute atomic E-state index is 9.33. The summed E-state index contributed by atoms with van der Waals surface area (Å²) < 4.78 is 0. The molecule has 0 atom stereocenters. The van der Waals surface area contributed by atoms with Gasteiger partial charge in [-0.3, -0.25) is 0 Å². The summed E-state index contributed by atoms with van der Waals surface area (Å²) in [5.74, 6) is 0.261. The Bertz CT molecular complexity index is 806. The monoisotopic (exact) mass is 310 g/mol. The molecule has 2 aromatic carbocycles. The van der Waals surface area contributed by atoms with E-state index >= 15 is 0 Å². The number of aromatic hydroxyl groups is 1. The van der Waals surface area contributed by atoms with E-state index in [-0.39, 0.29) is 5.75 Å². The van der Waals surface area contributed by atoms with Crippen molar-refractivity contribution in [3.63, 3.8) is 0 Å². The second-order valence-electron chi connectivity index (χ2n) is 5.39. The number of benzene rings is 2. The molecule has 3 nitrogen and oxygen atoms in total. The van der Waals surface area contributed by atoms with Gasteiger partial charge < -0.3 is 10.4 Å².